The van der Waals surface area contributed by atoms with Gasteiger partial charge in [-0.05, 0) is 44.0 Å². The first-order valence-corrected chi connectivity index (χ1v) is 14.2. The van der Waals surface area contributed by atoms with Crippen molar-refractivity contribution < 1.29 is 9.90 Å². The van der Waals surface area contributed by atoms with Crippen LogP contribution in [0.4, 0.5) is 23.3 Å². The fourth-order valence-corrected chi connectivity index (χ4v) is 6.09. The lowest BCUT2D eigenvalue weighted by Gasteiger charge is -2.34. The molecule has 5 heterocycles. The highest BCUT2D eigenvalue weighted by molar-refractivity contribution is 7.21. The summed E-state index contributed by atoms with van der Waals surface area (Å²) in [7, 11) is 0. The number of aromatic nitrogens is 4. The van der Waals surface area contributed by atoms with E-state index in [9.17, 15) is 9.90 Å². The van der Waals surface area contributed by atoms with Crippen molar-refractivity contribution in [1.29, 1.82) is 0 Å². The van der Waals surface area contributed by atoms with E-state index in [1.807, 2.05) is 30.2 Å². The van der Waals surface area contributed by atoms with Crippen molar-refractivity contribution in [2.24, 2.45) is 0 Å². The zero-order chi connectivity index (χ0) is 26.9. The predicted octanol–water partition coefficient (Wildman–Crippen LogP) is 3.75. The summed E-state index contributed by atoms with van der Waals surface area (Å²) in [5.74, 6) is 2.24. The molecule has 2 N–H and O–H groups in total. The van der Waals surface area contributed by atoms with E-state index in [1.54, 1.807) is 11.3 Å². The molecule has 3 aromatic heterocycles. The number of nitrogens with zero attached hydrogens (tertiary/aromatic N) is 7. The number of nitrogens with one attached hydrogen (secondary N) is 1. The number of carbonyl (C=O) groups excluding carboxylic acids is 1. The van der Waals surface area contributed by atoms with Crippen LogP contribution in [0, 0.1) is 13.8 Å². The maximum atomic E-state index is 12.3. The molecule has 0 unspecified atom stereocenters. The molecular weight excluding hydrogens is 512 g/mol. The van der Waals surface area contributed by atoms with Crippen LogP contribution in [0.15, 0.2) is 36.5 Å². The van der Waals surface area contributed by atoms with Crippen LogP contribution in [0.5, 0.6) is 0 Å². The lowest BCUT2D eigenvalue weighted by Crippen LogP contribution is -2.47. The Morgan fingerprint density at radius 3 is 2.59 bits per heavy atom. The molecule has 0 saturated carbocycles. The Bertz CT molecular complexity index is 1510. The number of amides is 1. The van der Waals surface area contributed by atoms with Gasteiger partial charge in [0, 0.05) is 81.0 Å². The highest BCUT2D eigenvalue weighted by Gasteiger charge is 2.23. The molecule has 0 spiro atoms. The van der Waals surface area contributed by atoms with Crippen molar-refractivity contribution in [3.05, 3.63) is 47.8 Å². The normalized spacial score (nSPS) is 16.4. The number of hydrogen-bond donors (Lipinski definition) is 2. The molecule has 2 aliphatic rings. The van der Waals surface area contributed by atoms with Crippen LogP contribution in [0.3, 0.4) is 0 Å². The Hall–Kier alpha value is -3.67. The summed E-state index contributed by atoms with van der Waals surface area (Å²) in [4.78, 5) is 37.6. The Morgan fingerprint density at radius 2 is 1.82 bits per heavy atom. The minimum atomic E-state index is 0.179. The molecule has 0 radical (unpaired) electrons. The monoisotopic (exact) mass is 544 g/mol. The van der Waals surface area contributed by atoms with Crippen molar-refractivity contribution in [2.45, 2.75) is 26.7 Å². The number of piperazine rings is 1. The minimum absolute atomic E-state index is 0.179. The number of hydrogen-bond acceptors (Lipinski definition) is 10. The molecule has 11 heteroatoms. The van der Waals surface area contributed by atoms with Crippen LogP contribution in [0.25, 0.3) is 20.8 Å². The van der Waals surface area contributed by atoms with E-state index in [4.69, 9.17) is 9.97 Å². The van der Waals surface area contributed by atoms with E-state index in [1.165, 1.54) is 0 Å². The van der Waals surface area contributed by atoms with Crippen molar-refractivity contribution >= 4 is 50.7 Å². The largest absolute Gasteiger partial charge is 0.395 e. The van der Waals surface area contributed by atoms with Gasteiger partial charge in [-0.2, -0.15) is 4.98 Å². The van der Waals surface area contributed by atoms with Gasteiger partial charge < -0.3 is 20.2 Å². The van der Waals surface area contributed by atoms with E-state index in [0.717, 1.165) is 76.9 Å². The maximum absolute atomic E-state index is 12.3. The Labute approximate surface area is 231 Å². The second-order valence-electron chi connectivity index (χ2n) is 10.1. The average molecular weight is 545 g/mol. The Morgan fingerprint density at radius 1 is 0.974 bits per heavy atom. The van der Waals surface area contributed by atoms with Crippen LogP contribution in [0.1, 0.15) is 24.1 Å². The van der Waals surface area contributed by atoms with E-state index < -0.39 is 0 Å². The van der Waals surface area contributed by atoms with E-state index in [2.05, 4.69) is 50.2 Å². The summed E-state index contributed by atoms with van der Waals surface area (Å²) in [6.45, 7) is 9.06. The van der Waals surface area contributed by atoms with Gasteiger partial charge in [0.05, 0.1) is 16.8 Å². The van der Waals surface area contributed by atoms with Gasteiger partial charge in [0.1, 0.15) is 16.6 Å². The van der Waals surface area contributed by atoms with Crippen LogP contribution >= 0.6 is 11.3 Å². The van der Waals surface area contributed by atoms with Crippen molar-refractivity contribution in [2.75, 3.05) is 61.0 Å². The molecule has 39 heavy (non-hydrogen) atoms. The number of anilines is 4. The molecule has 2 fully saturated rings. The summed E-state index contributed by atoms with van der Waals surface area (Å²) < 4.78 is 0.996. The standard InChI is InChI=1S/C28H32N8O2S/c1-18-12-20(15-21(13-18)36-5-3-4-26(36)38)27-31-22-16-24(29-17-23(22)39-27)32-25-14-19(2)30-28(33-25)35-8-6-34(7-9-35)10-11-37/h12-17,37H,3-11H2,1-2H3,(H,29,30,32,33). The summed E-state index contributed by atoms with van der Waals surface area (Å²) in [5.41, 5.74) is 4.79. The Kier molecular flexibility index (Phi) is 7.11. The molecule has 1 amide bonds. The zero-order valence-electron chi connectivity index (χ0n) is 22.2. The van der Waals surface area contributed by atoms with Crippen LogP contribution in [-0.4, -0.2) is 81.7 Å². The molecule has 2 aliphatic heterocycles. The number of benzene rings is 1. The predicted molar refractivity (Wildman–Crippen MR) is 155 cm³/mol. The van der Waals surface area contributed by atoms with Gasteiger partial charge in [0.25, 0.3) is 0 Å². The summed E-state index contributed by atoms with van der Waals surface area (Å²) in [6.07, 6.45) is 3.36. The molecule has 10 nitrogen and oxygen atoms in total. The lowest BCUT2D eigenvalue weighted by molar-refractivity contribution is -0.117. The second-order valence-corrected chi connectivity index (χ2v) is 11.2. The number of carbonyl (C=O) groups is 1. The molecule has 4 aromatic rings. The quantitative estimate of drug-likeness (QED) is 0.359. The van der Waals surface area contributed by atoms with Gasteiger partial charge in [0.15, 0.2) is 0 Å². The third-order valence-electron chi connectivity index (χ3n) is 7.14. The van der Waals surface area contributed by atoms with E-state index in [0.29, 0.717) is 30.5 Å². The van der Waals surface area contributed by atoms with Gasteiger partial charge >= 0.3 is 0 Å². The van der Waals surface area contributed by atoms with Crippen molar-refractivity contribution in [3.8, 4) is 10.6 Å². The lowest BCUT2D eigenvalue weighted by atomic mass is 10.1. The minimum Gasteiger partial charge on any atom is -0.395 e. The highest BCUT2D eigenvalue weighted by Crippen LogP contribution is 2.34. The van der Waals surface area contributed by atoms with Crippen molar-refractivity contribution in [1.82, 2.24) is 24.8 Å². The fourth-order valence-electron chi connectivity index (χ4n) is 5.19. The summed E-state index contributed by atoms with van der Waals surface area (Å²) in [5, 5.41) is 13.4. The van der Waals surface area contributed by atoms with E-state index in [-0.39, 0.29) is 12.5 Å². The number of aliphatic hydroxyl groups is 1. The zero-order valence-corrected chi connectivity index (χ0v) is 23.0. The molecular formula is C28H32N8O2S. The molecule has 6 rings (SSSR count). The molecule has 0 atom stereocenters. The first kappa shape index (κ1) is 25.6. The van der Waals surface area contributed by atoms with Gasteiger partial charge in [0.2, 0.25) is 11.9 Å². The smallest absolute Gasteiger partial charge is 0.227 e. The number of aliphatic hydroxyl groups excluding tert-OH is 1. The average Bonchev–Trinajstić information content (AvgIpc) is 3.54. The number of β-amino-alcohol motifs (C(OH)–C–C–N with tert-alkyl or cyclic N) is 1. The summed E-state index contributed by atoms with van der Waals surface area (Å²) >= 11 is 1.60. The highest BCUT2D eigenvalue weighted by atomic mass is 32.1. The van der Waals surface area contributed by atoms with E-state index >= 15 is 0 Å². The number of thiazole rings is 1. The topological polar surface area (TPSA) is 111 Å². The molecule has 1 aromatic carbocycles. The third-order valence-corrected chi connectivity index (χ3v) is 8.19. The SMILES string of the molecule is Cc1cc(-c2nc3cc(Nc4cc(C)nc(N5CCN(CCO)CC5)n4)ncc3s2)cc(N2CCCC2=O)c1. The first-order valence-electron chi connectivity index (χ1n) is 13.3. The van der Waals surface area contributed by atoms with Gasteiger partial charge in [-0.15, -0.1) is 11.3 Å². The molecule has 0 aliphatic carbocycles. The summed E-state index contributed by atoms with van der Waals surface area (Å²) in [6, 6.07) is 10.1. The molecule has 202 valence electrons. The van der Waals surface area contributed by atoms with Crippen molar-refractivity contribution in [3.63, 3.8) is 0 Å². The van der Waals surface area contributed by atoms with Crippen LogP contribution in [0.2, 0.25) is 0 Å². The maximum Gasteiger partial charge on any atom is 0.227 e. The van der Waals surface area contributed by atoms with Gasteiger partial charge in [-0.3, -0.25) is 9.69 Å². The number of rotatable bonds is 7. The Balaban J connectivity index is 1.22. The number of pyridine rings is 1. The first-order chi connectivity index (χ1) is 18.9. The van der Waals surface area contributed by atoms with Crippen LogP contribution < -0.4 is 15.1 Å². The third kappa shape index (κ3) is 5.56. The van der Waals surface area contributed by atoms with Gasteiger partial charge in [-0.25, -0.2) is 15.0 Å². The van der Waals surface area contributed by atoms with Crippen LogP contribution in [-0.2, 0) is 4.79 Å². The van der Waals surface area contributed by atoms with Gasteiger partial charge in [-0.1, -0.05) is 0 Å². The number of fused-ring (bicyclic) bond motifs is 1. The molecule has 0 bridgehead atoms. The number of aryl methyl sites for hydroxylation is 2. The molecule has 2 saturated heterocycles. The fraction of sp³-hybridized carbons (Fsp3) is 0.393. The second kappa shape index (κ2) is 10.8.